The molecule has 2 aromatic rings. The number of carboxylic acid groups (broad SMARTS) is 1. The zero-order valence-electron chi connectivity index (χ0n) is 12.4. The van der Waals surface area contributed by atoms with Crippen LogP contribution in [0.1, 0.15) is 17.7 Å². The number of halogens is 1. The van der Waals surface area contributed by atoms with Crippen LogP contribution >= 0.6 is 0 Å². The van der Waals surface area contributed by atoms with Gasteiger partial charge >= 0.3 is 5.97 Å². The number of likely N-dealkylation sites (tertiary alicyclic amines) is 1. The molecule has 1 aliphatic rings. The van der Waals surface area contributed by atoms with Crippen molar-refractivity contribution in [1.82, 2.24) is 4.90 Å². The molecule has 4 nitrogen and oxygen atoms in total. The van der Waals surface area contributed by atoms with E-state index in [1.54, 1.807) is 13.0 Å². The highest BCUT2D eigenvalue weighted by molar-refractivity contribution is 5.70. The van der Waals surface area contributed by atoms with E-state index in [4.69, 9.17) is 9.52 Å². The Morgan fingerprint density at radius 3 is 2.95 bits per heavy atom. The Balaban J connectivity index is 1.72. The summed E-state index contributed by atoms with van der Waals surface area (Å²) in [6.07, 6.45) is 0.673. The van der Waals surface area contributed by atoms with E-state index >= 15 is 0 Å². The number of benzene rings is 1. The largest absolute Gasteiger partial charge is 0.481 e. The first-order valence-corrected chi connectivity index (χ1v) is 7.34. The highest BCUT2D eigenvalue weighted by Gasteiger charge is 2.28. The van der Waals surface area contributed by atoms with Crippen molar-refractivity contribution < 1.29 is 18.7 Å². The van der Waals surface area contributed by atoms with Gasteiger partial charge < -0.3 is 9.52 Å². The minimum atomic E-state index is -0.738. The third-order valence-corrected chi connectivity index (χ3v) is 4.20. The zero-order valence-corrected chi connectivity index (χ0v) is 12.4. The maximum Gasteiger partial charge on any atom is 0.307 e. The molecular weight excluding hydrogens is 285 g/mol. The molecule has 5 heteroatoms. The molecule has 1 aromatic carbocycles. The summed E-state index contributed by atoms with van der Waals surface area (Å²) in [5.74, 6) is 0.128. The highest BCUT2D eigenvalue weighted by atomic mass is 19.1. The lowest BCUT2D eigenvalue weighted by Gasteiger charge is -2.13. The minimum Gasteiger partial charge on any atom is -0.481 e. The van der Waals surface area contributed by atoms with Crippen LogP contribution in [0.4, 0.5) is 4.39 Å². The molecule has 2 heterocycles. The number of rotatable bonds is 4. The lowest BCUT2D eigenvalue weighted by atomic mass is 10.1. The molecule has 1 unspecified atom stereocenters. The summed E-state index contributed by atoms with van der Waals surface area (Å²) in [4.78, 5) is 13.0. The Kier molecular flexibility index (Phi) is 3.98. The Morgan fingerprint density at radius 1 is 1.41 bits per heavy atom. The van der Waals surface area contributed by atoms with E-state index in [0.717, 1.165) is 17.9 Å². The Morgan fingerprint density at radius 2 is 2.23 bits per heavy atom. The summed E-state index contributed by atoms with van der Waals surface area (Å²) >= 11 is 0. The van der Waals surface area contributed by atoms with Crippen molar-refractivity contribution >= 4 is 5.97 Å². The van der Waals surface area contributed by atoms with Crippen molar-refractivity contribution in [2.75, 3.05) is 13.1 Å². The summed E-state index contributed by atoms with van der Waals surface area (Å²) in [6, 6.07) is 8.63. The second-order valence-electron chi connectivity index (χ2n) is 5.74. The van der Waals surface area contributed by atoms with Gasteiger partial charge in [-0.05, 0) is 43.7 Å². The molecule has 0 saturated carbocycles. The molecule has 1 N–H and O–H groups in total. The van der Waals surface area contributed by atoms with Crippen molar-refractivity contribution in [2.24, 2.45) is 5.92 Å². The molecule has 0 amide bonds. The maximum atomic E-state index is 13.6. The first kappa shape index (κ1) is 14.8. The van der Waals surface area contributed by atoms with E-state index < -0.39 is 5.97 Å². The van der Waals surface area contributed by atoms with Gasteiger partial charge in [0.2, 0.25) is 0 Å². The molecule has 1 atom stereocenters. The van der Waals surface area contributed by atoms with E-state index in [1.165, 1.54) is 6.07 Å². The van der Waals surface area contributed by atoms with E-state index in [-0.39, 0.29) is 11.7 Å². The first-order valence-electron chi connectivity index (χ1n) is 7.34. The molecule has 1 saturated heterocycles. The van der Waals surface area contributed by atoms with Crippen LogP contribution in [0.25, 0.3) is 11.3 Å². The number of furan rings is 1. The summed E-state index contributed by atoms with van der Waals surface area (Å²) in [5.41, 5.74) is 1.31. The third-order valence-electron chi connectivity index (χ3n) is 4.20. The smallest absolute Gasteiger partial charge is 0.307 e. The molecule has 0 radical (unpaired) electrons. The van der Waals surface area contributed by atoms with Gasteiger partial charge in [-0.15, -0.1) is 0 Å². The summed E-state index contributed by atoms with van der Waals surface area (Å²) < 4.78 is 19.4. The second-order valence-corrected chi connectivity index (χ2v) is 5.74. The van der Waals surface area contributed by atoms with E-state index in [0.29, 0.717) is 30.8 Å². The maximum absolute atomic E-state index is 13.6. The van der Waals surface area contributed by atoms with Gasteiger partial charge in [-0.25, -0.2) is 4.39 Å². The average Bonchev–Trinajstić information content (AvgIpc) is 3.12. The van der Waals surface area contributed by atoms with E-state index in [9.17, 15) is 9.18 Å². The number of hydrogen-bond acceptors (Lipinski definition) is 3. The fourth-order valence-electron chi connectivity index (χ4n) is 2.88. The zero-order chi connectivity index (χ0) is 15.7. The second kappa shape index (κ2) is 5.93. The third kappa shape index (κ3) is 2.90. The Hall–Kier alpha value is -2.14. The van der Waals surface area contributed by atoms with Crippen molar-refractivity contribution in [2.45, 2.75) is 19.9 Å². The molecule has 3 rings (SSSR count). The first-order chi connectivity index (χ1) is 10.5. The number of carboxylic acids is 1. The monoisotopic (exact) mass is 303 g/mol. The van der Waals surface area contributed by atoms with Gasteiger partial charge in [-0.1, -0.05) is 12.1 Å². The lowest BCUT2D eigenvalue weighted by Crippen LogP contribution is -2.22. The predicted molar refractivity (Wildman–Crippen MR) is 79.9 cm³/mol. The SMILES string of the molecule is Cc1c(F)cccc1-c1ccc(CN2CCC(C(=O)O)C2)o1. The number of aliphatic carboxylic acids is 1. The van der Waals surface area contributed by atoms with Crippen LogP contribution in [0.5, 0.6) is 0 Å². The van der Waals surface area contributed by atoms with Gasteiger partial charge in [0.25, 0.3) is 0 Å². The van der Waals surface area contributed by atoms with Gasteiger partial charge in [0, 0.05) is 12.1 Å². The molecule has 116 valence electrons. The normalized spacial score (nSPS) is 18.7. The topological polar surface area (TPSA) is 53.7 Å². The standard InChI is InChI=1S/C17H18FNO3/c1-11-14(3-2-4-15(11)18)16-6-5-13(22-16)10-19-8-7-12(9-19)17(20)21/h2-6,12H,7-10H2,1H3,(H,20,21). The van der Waals surface area contributed by atoms with Crippen LogP contribution in [0.2, 0.25) is 0 Å². The molecule has 0 aliphatic carbocycles. The van der Waals surface area contributed by atoms with Gasteiger partial charge in [0.15, 0.2) is 0 Å². The summed E-state index contributed by atoms with van der Waals surface area (Å²) in [7, 11) is 0. The van der Waals surface area contributed by atoms with Crippen LogP contribution < -0.4 is 0 Å². The fraction of sp³-hybridized carbons (Fsp3) is 0.353. The van der Waals surface area contributed by atoms with Gasteiger partial charge in [0.1, 0.15) is 17.3 Å². The highest BCUT2D eigenvalue weighted by Crippen LogP contribution is 2.28. The van der Waals surface area contributed by atoms with Gasteiger partial charge in [-0.3, -0.25) is 9.69 Å². The molecular formula is C17H18FNO3. The molecule has 22 heavy (non-hydrogen) atoms. The number of hydrogen-bond donors (Lipinski definition) is 1. The van der Waals surface area contributed by atoms with Gasteiger partial charge in [-0.2, -0.15) is 0 Å². The number of nitrogens with zero attached hydrogens (tertiary/aromatic N) is 1. The van der Waals surface area contributed by atoms with Crippen molar-refractivity contribution in [3.63, 3.8) is 0 Å². The molecule has 1 aliphatic heterocycles. The summed E-state index contributed by atoms with van der Waals surface area (Å²) in [5, 5.41) is 9.02. The fourth-order valence-corrected chi connectivity index (χ4v) is 2.88. The van der Waals surface area contributed by atoms with Crippen LogP contribution in [-0.4, -0.2) is 29.1 Å². The van der Waals surface area contributed by atoms with Crippen molar-refractivity contribution in [1.29, 1.82) is 0 Å². The van der Waals surface area contributed by atoms with Gasteiger partial charge in [0.05, 0.1) is 12.5 Å². The summed E-state index contributed by atoms with van der Waals surface area (Å²) in [6.45, 7) is 3.61. The van der Waals surface area contributed by atoms with Crippen LogP contribution in [0.15, 0.2) is 34.7 Å². The number of carbonyl (C=O) groups is 1. The quantitative estimate of drug-likeness (QED) is 0.941. The Bertz CT molecular complexity index is 695. The predicted octanol–water partition coefficient (Wildman–Crippen LogP) is 3.30. The molecule has 0 bridgehead atoms. The van der Waals surface area contributed by atoms with E-state index in [2.05, 4.69) is 4.90 Å². The van der Waals surface area contributed by atoms with Crippen molar-refractivity contribution in [3.05, 3.63) is 47.5 Å². The van der Waals surface area contributed by atoms with Crippen LogP contribution in [0, 0.1) is 18.7 Å². The van der Waals surface area contributed by atoms with E-state index in [1.807, 2.05) is 18.2 Å². The molecule has 1 aromatic heterocycles. The van der Waals surface area contributed by atoms with Crippen LogP contribution in [-0.2, 0) is 11.3 Å². The van der Waals surface area contributed by atoms with Crippen LogP contribution in [0.3, 0.4) is 0 Å². The average molecular weight is 303 g/mol. The lowest BCUT2D eigenvalue weighted by molar-refractivity contribution is -0.141. The molecule has 0 spiro atoms. The molecule has 1 fully saturated rings. The Labute approximate surface area is 128 Å². The van der Waals surface area contributed by atoms with Crippen molar-refractivity contribution in [3.8, 4) is 11.3 Å². The minimum absolute atomic E-state index is 0.251.